The van der Waals surface area contributed by atoms with E-state index in [-0.39, 0.29) is 0 Å². The van der Waals surface area contributed by atoms with E-state index >= 15 is 0 Å². The minimum atomic E-state index is -3.40. The molecule has 0 aliphatic carbocycles. The van der Waals surface area contributed by atoms with Gasteiger partial charge in [-0.1, -0.05) is 0 Å². The molecular formula is C8H5F3N2O4. The molecule has 0 amide bonds. The maximum atomic E-state index is 13.1. The van der Waals surface area contributed by atoms with Gasteiger partial charge in [0, 0.05) is 0 Å². The van der Waals surface area contributed by atoms with E-state index in [4.69, 9.17) is 0 Å². The van der Waals surface area contributed by atoms with E-state index in [1.165, 1.54) is 0 Å². The van der Waals surface area contributed by atoms with Crippen LogP contribution in [0.25, 0.3) is 0 Å². The van der Waals surface area contributed by atoms with Gasteiger partial charge in [-0.25, -0.2) is 18.6 Å². The summed E-state index contributed by atoms with van der Waals surface area (Å²) >= 11 is 0. The Bertz CT molecular complexity index is 478. The number of pyridine rings is 1. The number of methoxy groups -OCH3 is 1. The molecule has 6 nitrogen and oxygen atoms in total. The van der Waals surface area contributed by atoms with Gasteiger partial charge in [0.2, 0.25) is 5.95 Å². The number of nitrogens with zero attached hydrogens (tertiary/aromatic N) is 2. The second-order valence-electron chi connectivity index (χ2n) is 2.77. The summed E-state index contributed by atoms with van der Waals surface area (Å²) in [6.45, 7) is 0. The molecule has 1 aromatic rings. The van der Waals surface area contributed by atoms with E-state index in [1.54, 1.807) is 0 Å². The zero-order valence-electron chi connectivity index (χ0n) is 8.32. The number of esters is 1. The largest absolute Gasteiger partial charge is 0.465 e. The molecule has 92 valence electrons. The van der Waals surface area contributed by atoms with Gasteiger partial charge in [0.05, 0.1) is 12.0 Å². The number of ether oxygens (including phenoxy) is 1. The molecule has 0 bridgehead atoms. The van der Waals surface area contributed by atoms with Crippen molar-refractivity contribution < 1.29 is 27.6 Å². The Hall–Kier alpha value is -2.19. The number of hydrogen-bond acceptors (Lipinski definition) is 5. The topological polar surface area (TPSA) is 82.3 Å². The Morgan fingerprint density at radius 3 is 2.59 bits per heavy atom. The van der Waals surface area contributed by atoms with E-state index < -0.39 is 40.1 Å². The highest BCUT2D eigenvalue weighted by Crippen LogP contribution is 2.32. The number of alkyl halides is 2. The van der Waals surface area contributed by atoms with Gasteiger partial charge < -0.3 is 4.74 Å². The summed E-state index contributed by atoms with van der Waals surface area (Å²) < 4.78 is 42.4. The molecule has 0 saturated heterocycles. The molecule has 0 spiro atoms. The summed E-state index contributed by atoms with van der Waals surface area (Å²) in [7, 11) is 0.829. The third-order valence-electron chi connectivity index (χ3n) is 1.86. The minimum absolute atomic E-state index is 0.323. The first-order valence-corrected chi connectivity index (χ1v) is 4.09. The molecule has 0 fully saturated rings. The fourth-order valence-corrected chi connectivity index (χ4v) is 1.15. The highest BCUT2D eigenvalue weighted by Gasteiger charge is 2.33. The molecule has 1 heterocycles. The van der Waals surface area contributed by atoms with Crippen LogP contribution in [0.5, 0.6) is 0 Å². The summed E-state index contributed by atoms with van der Waals surface area (Å²) in [4.78, 5) is 23.2. The molecule has 0 aliphatic heterocycles. The first kappa shape index (κ1) is 12.9. The van der Waals surface area contributed by atoms with Crippen LogP contribution < -0.4 is 0 Å². The minimum Gasteiger partial charge on any atom is -0.465 e. The average Bonchev–Trinajstić information content (AvgIpc) is 2.26. The van der Waals surface area contributed by atoms with E-state index in [9.17, 15) is 28.1 Å². The van der Waals surface area contributed by atoms with Crippen LogP contribution in [0, 0.1) is 16.1 Å². The lowest BCUT2D eigenvalue weighted by Gasteiger charge is -2.07. The summed E-state index contributed by atoms with van der Waals surface area (Å²) in [6.07, 6.45) is -3.08. The predicted octanol–water partition coefficient (Wildman–Crippen LogP) is 1.85. The zero-order chi connectivity index (χ0) is 13.2. The van der Waals surface area contributed by atoms with E-state index in [1.807, 2.05) is 0 Å². The van der Waals surface area contributed by atoms with E-state index in [2.05, 4.69) is 9.72 Å². The predicted molar refractivity (Wildman–Crippen MR) is 47.1 cm³/mol. The van der Waals surface area contributed by atoms with Gasteiger partial charge in [-0.05, 0) is 0 Å². The molecule has 0 N–H and O–H groups in total. The van der Waals surface area contributed by atoms with Crippen molar-refractivity contribution >= 4 is 11.7 Å². The highest BCUT2D eigenvalue weighted by molar-refractivity contribution is 5.92. The first-order chi connectivity index (χ1) is 7.90. The SMILES string of the molecule is COC(=O)c1c(F)ncc([N+](=O)[O-])c1C(F)F. The Balaban J connectivity index is 3.60. The monoisotopic (exact) mass is 250 g/mol. The van der Waals surface area contributed by atoms with Crippen molar-refractivity contribution in [3.05, 3.63) is 33.4 Å². The van der Waals surface area contributed by atoms with Crippen molar-refractivity contribution in [1.29, 1.82) is 0 Å². The van der Waals surface area contributed by atoms with Crippen molar-refractivity contribution in [3.8, 4) is 0 Å². The summed E-state index contributed by atoms with van der Waals surface area (Å²) in [5, 5.41) is 10.5. The van der Waals surface area contributed by atoms with Gasteiger partial charge in [-0.3, -0.25) is 10.1 Å². The van der Waals surface area contributed by atoms with Gasteiger partial charge in [-0.2, -0.15) is 4.39 Å². The number of hydrogen-bond donors (Lipinski definition) is 0. The molecular weight excluding hydrogens is 245 g/mol. The van der Waals surface area contributed by atoms with Crippen LogP contribution in [0.2, 0.25) is 0 Å². The fourth-order valence-electron chi connectivity index (χ4n) is 1.15. The van der Waals surface area contributed by atoms with Gasteiger partial charge in [0.15, 0.2) is 0 Å². The van der Waals surface area contributed by atoms with Crippen molar-refractivity contribution in [1.82, 2.24) is 4.98 Å². The van der Waals surface area contributed by atoms with Crippen LogP contribution in [0.4, 0.5) is 18.9 Å². The van der Waals surface area contributed by atoms with Crippen LogP contribution in [0.1, 0.15) is 22.3 Å². The van der Waals surface area contributed by atoms with Gasteiger partial charge >= 0.3 is 5.97 Å². The number of halogens is 3. The van der Waals surface area contributed by atoms with Crippen molar-refractivity contribution in [2.75, 3.05) is 7.11 Å². The molecule has 0 aromatic carbocycles. The quantitative estimate of drug-likeness (QED) is 0.354. The van der Waals surface area contributed by atoms with Crippen LogP contribution >= 0.6 is 0 Å². The molecule has 0 atom stereocenters. The number of rotatable bonds is 3. The normalized spacial score (nSPS) is 10.4. The molecule has 1 aromatic heterocycles. The second kappa shape index (κ2) is 4.76. The highest BCUT2D eigenvalue weighted by atomic mass is 19.3. The van der Waals surface area contributed by atoms with Crippen LogP contribution in [0.3, 0.4) is 0 Å². The molecule has 0 radical (unpaired) electrons. The van der Waals surface area contributed by atoms with E-state index in [0.717, 1.165) is 7.11 Å². The fraction of sp³-hybridized carbons (Fsp3) is 0.250. The Labute approximate surface area is 92.2 Å². The van der Waals surface area contributed by atoms with Gasteiger partial charge in [-0.15, -0.1) is 0 Å². The Morgan fingerprint density at radius 2 is 2.18 bits per heavy atom. The van der Waals surface area contributed by atoms with Crippen LogP contribution in [0.15, 0.2) is 6.20 Å². The second-order valence-corrected chi connectivity index (χ2v) is 2.77. The molecule has 0 unspecified atom stereocenters. The number of nitro groups is 1. The van der Waals surface area contributed by atoms with Crippen molar-refractivity contribution in [2.45, 2.75) is 6.43 Å². The molecule has 1 rings (SSSR count). The first-order valence-electron chi connectivity index (χ1n) is 4.09. The summed E-state index contributed by atoms with van der Waals surface area (Å²) in [6, 6.07) is 0. The van der Waals surface area contributed by atoms with Crippen LogP contribution in [-0.4, -0.2) is 23.0 Å². The smallest absolute Gasteiger partial charge is 0.343 e. The van der Waals surface area contributed by atoms with Crippen LogP contribution in [-0.2, 0) is 4.74 Å². The third-order valence-corrected chi connectivity index (χ3v) is 1.86. The summed E-state index contributed by atoms with van der Waals surface area (Å²) in [5.74, 6) is -2.99. The molecule has 17 heavy (non-hydrogen) atoms. The maximum Gasteiger partial charge on any atom is 0.343 e. The lowest BCUT2D eigenvalue weighted by molar-refractivity contribution is -0.386. The van der Waals surface area contributed by atoms with Gasteiger partial charge in [0.25, 0.3) is 12.1 Å². The van der Waals surface area contributed by atoms with Crippen molar-refractivity contribution in [3.63, 3.8) is 0 Å². The average molecular weight is 250 g/mol. The number of aromatic nitrogens is 1. The van der Waals surface area contributed by atoms with Crippen molar-refractivity contribution in [2.24, 2.45) is 0 Å². The summed E-state index contributed by atoms with van der Waals surface area (Å²) in [5.41, 5.74) is -3.70. The number of carbonyl (C=O) groups excluding carboxylic acids is 1. The Kier molecular flexibility index (Phi) is 3.61. The molecule has 0 aliphatic rings. The molecule has 0 saturated carbocycles. The van der Waals surface area contributed by atoms with Gasteiger partial charge in [0.1, 0.15) is 17.3 Å². The lowest BCUT2D eigenvalue weighted by Crippen LogP contribution is -2.13. The zero-order valence-corrected chi connectivity index (χ0v) is 8.32. The Morgan fingerprint density at radius 1 is 1.59 bits per heavy atom. The molecule has 9 heteroatoms. The maximum absolute atomic E-state index is 13.1. The number of carbonyl (C=O) groups is 1. The lowest BCUT2D eigenvalue weighted by atomic mass is 10.1. The third kappa shape index (κ3) is 2.32. The standard InChI is InChI=1S/C8H5F3N2O4/c1-17-8(14)5-4(6(9)10)3(13(15)16)2-12-7(5)11/h2,6H,1H3. The van der Waals surface area contributed by atoms with E-state index in [0.29, 0.717) is 6.20 Å².